The third-order valence-corrected chi connectivity index (χ3v) is 9.20. The molecule has 0 fully saturated rings. The second-order valence-corrected chi connectivity index (χ2v) is 14.7. The standard InChI is InChI=1S/C47H43N7O10/c1-26(2)25-64-41-37(21-20-36(40(41)56)45(60)51-34-18-12-32(13-19-34)47(62)63)53-43(58)30-10-16-35(17-11-30)52-46(61)38(23-39(49)55)54-44(59)31-8-14-33(15-9-31)50-42(57)27(3)22-28-4-6-29(24-48)7-5-28/h4-22,26,38,56H,23,25H2,1-3H3,(H2,49,55)(H,50,57)(H,51,60)(H,52,61)(H,53,58)(H,54,59)(H,62,63)/b27-22+/t38-/m0/s1. The summed E-state index contributed by atoms with van der Waals surface area (Å²) in [5.74, 6) is -5.93. The molecule has 0 aliphatic carbocycles. The number of hydrogen-bond donors (Lipinski definition) is 8. The minimum absolute atomic E-state index is 0.000443. The van der Waals surface area contributed by atoms with Crippen LogP contribution in [0.25, 0.3) is 6.08 Å². The van der Waals surface area contributed by atoms with Gasteiger partial charge in [-0.15, -0.1) is 0 Å². The normalized spacial score (nSPS) is 11.3. The maximum atomic E-state index is 13.4. The van der Waals surface area contributed by atoms with Crippen molar-refractivity contribution in [3.63, 3.8) is 0 Å². The zero-order valence-corrected chi connectivity index (χ0v) is 34.7. The van der Waals surface area contributed by atoms with Crippen LogP contribution in [0.5, 0.6) is 11.5 Å². The predicted molar refractivity (Wildman–Crippen MR) is 238 cm³/mol. The highest BCUT2D eigenvalue weighted by molar-refractivity contribution is 6.10. The number of anilines is 4. The summed E-state index contributed by atoms with van der Waals surface area (Å²) in [7, 11) is 0. The number of nitriles is 1. The number of ether oxygens (including phenoxy) is 1. The van der Waals surface area contributed by atoms with Crippen LogP contribution in [-0.2, 0) is 14.4 Å². The number of aromatic carboxylic acids is 1. The number of aromatic hydroxyl groups is 1. The first kappa shape index (κ1) is 46.3. The van der Waals surface area contributed by atoms with E-state index in [0.29, 0.717) is 16.8 Å². The largest absolute Gasteiger partial charge is 0.504 e. The van der Waals surface area contributed by atoms with E-state index in [9.17, 15) is 38.7 Å². The van der Waals surface area contributed by atoms with Crippen molar-refractivity contribution < 1.29 is 48.5 Å². The Morgan fingerprint density at radius 2 is 1.25 bits per heavy atom. The number of phenolic OH excluding ortho intramolecular Hbond substituents is 1. The fourth-order valence-corrected chi connectivity index (χ4v) is 5.83. The summed E-state index contributed by atoms with van der Waals surface area (Å²) in [5.41, 5.74) is 8.02. The van der Waals surface area contributed by atoms with Gasteiger partial charge in [0.05, 0.1) is 41.5 Å². The summed E-state index contributed by atoms with van der Waals surface area (Å²) in [5, 5.41) is 42.3. The van der Waals surface area contributed by atoms with Gasteiger partial charge in [-0.1, -0.05) is 26.0 Å². The average molecular weight is 866 g/mol. The van der Waals surface area contributed by atoms with Crippen molar-refractivity contribution in [3.8, 4) is 17.6 Å². The van der Waals surface area contributed by atoms with Crippen LogP contribution in [0.4, 0.5) is 22.7 Å². The van der Waals surface area contributed by atoms with Crippen molar-refractivity contribution in [1.29, 1.82) is 5.26 Å². The van der Waals surface area contributed by atoms with Gasteiger partial charge in [0.15, 0.2) is 11.5 Å². The third kappa shape index (κ3) is 12.6. The first-order valence-electron chi connectivity index (χ1n) is 19.6. The third-order valence-electron chi connectivity index (χ3n) is 9.20. The van der Waals surface area contributed by atoms with Gasteiger partial charge in [0.25, 0.3) is 23.6 Å². The van der Waals surface area contributed by atoms with Crippen molar-refractivity contribution in [1.82, 2.24) is 5.32 Å². The first-order valence-corrected chi connectivity index (χ1v) is 19.6. The maximum Gasteiger partial charge on any atom is 0.335 e. The number of primary amides is 1. The maximum absolute atomic E-state index is 13.4. The molecule has 5 aromatic rings. The Morgan fingerprint density at radius 3 is 1.80 bits per heavy atom. The number of carboxylic acids is 1. The quantitative estimate of drug-likeness (QED) is 0.0490. The highest BCUT2D eigenvalue weighted by Gasteiger charge is 2.25. The molecule has 9 N–H and O–H groups in total. The van der Waals surface area contributed by atoms with Gasteiger partial charge in [-0.2, -0.15) is 5.26 Å². The lowest BCUT2D eigenvalue weighted by Crippen LogP contribution is -2.46. The van der Waals surface area contributed by atoms with Crippen LogP contribution in [0.1, 0.15) is 79.8 Å². The number of carbonyl (C=O) groups is 7. The van der Waals surface area contributed by atoms with E-state index in [1.54, 1.807) is 37.3 Å². The van der Waals surface area contributed by atoms with E-state index in [2.05, 4.69) is 26.6 Å². The van der Waals surface area contributed by atoms with Crippen molar-refractivity contribution in [3.05, 3.63) is 148 Å². The molecule has 0 aliphatic rings. The Hall–Kier alpha value is -8.78. The molecule has 0 saturated heterocycles. The lowest BCUT2D eigenvalue weighted by atomic mass is 10.1. The molecule has 0 aliphatic heterocycles. The van der Waals surface area contributed by atoms with Gasteiger partial charge in [-0.25, -0.2) is 4.79 Å². The molecule has 0 spiro atoms. The number of amides is 6. The van der Waals surface area contributed by atoms with Crippen LogP contribution in [0.2, 0.25) is 0 Å². The predicted octanol–water partition coefficient (Wildman–Crippen LogP) is 6.16. The molecule has 0 saturated carbocycles. The SMILES string of the molecule is C/C(=C\c1ccc(C#N)cc1)C(=O)Nc1ccc(C(=O)N[C@@H](CC(N)=O)C(=O)Nc2ccc(C(=O)Nc3ccc(C(=O)Nc4ccc(C(=O)O)cc4)c(O)c3OCC(C)C)cc2)cc1. The molecule has 5 aromatic carbocycles. The zero-order valence-electron chi connectivity index (χ0n) is 34.7. The van der Waals surface area contributed by atoms with E-state index in [1.165, 1.54) is 84.9 Å². The smallest absolute Gasteiger partial charge is 0.335 e. The monoisotopic (exact) mass is 865 g/mol. The molecular formula is C47H43N7O10. The minimum Gasteiger partial charge on any atom is -0.504 e. The molecule has 0 bridgehead atoms. The molecule has 64 heavy (non-hydrogen) atoms. The second kappa shape index (κ2) is 21.1. The summed E-state index contributed by atoms with van der Waals surface area (Å²) in [6.45, 7) is 5.48. The lowest BCUT2D eigenvalue weighted by Gasteiger charge is -2.18. The van der Waals surface area contributed by atoms with Crippen molar-refractivity contribution in [2.45, 2.75) is 33.2 Å². The van der Waals surface area contributed by atoms with E-state index in [1.807, 2.05) is 19.9 Å². The molecule has 326 valence electrons. The molecule has 17 heteroatoms. The highest BCUT2D eigenvalue weighted by atomic mass is 16.5. The van der Waals surface area contributed by atoms with Gasteiger partial charge in [0, 0.05) is 33.8 Å². The fraction of sp³-hybridized carbons (Fsp3) is 0.149. The molecule has 0 aromatic heterocycles. The van der Waals surface area contributed by atoms with Crippen molar-refractivity contribution >= 4 is 70.2 Å². The first-order chi connectivity index (χ1) is 30.5. The van der Waals surface area contributed by atoms with E-state index in [0.717, 1.165) is 5.56 Å². The van der Waals surface area contributed by atoms with Crippen molar-refractivity contribution in [2.75, 3.05) is 27.9 Å². The molecule has 17 nitrogen and oxygen atoms in total. The molecule has 6 amide bonds. The molecule has 0 heterocycles. The van der Waals surface area contributed by atoms with Gasteiger partial charge in [-0.3, -0.25) is 28.8 Å². The van der Waals surface area contributed by atoms with Crippen LogP contribution >= 0.6 is 0 Å². The summed E-state index contributed by atoms with van der Waals surface area (Å²) in [6.07, 6.45) is 1.12. The molecular weight excluding hydrogens is 823 g/mol. The number of hydrogen-bond acceptors (Lipinski definition) is 10. The number of phenols is 1. The Morgan fingerprint density at radius 1 is 0.703 bits per heavy atom. The summed E-state index contributed by atoms with van der Waals surface area (Å²) < 4.78 is 5.82. The van der Waals surface area contributed by atoms with Gasteiger partial charge >= 0.3 is 5.97 Å². The number of benzene rings is 5. The van der Waals surface area contributed by atoms with Gasteiger partial charge in [-0.05, 0) is 122 Å². The molecule has 5 rings (SSSR count). The van der Waals surface area contributed by atoms with Crippen LogP contribution in [0.3, 0.4) is 0 Å². The number of nitrogens with one attached hydrogen (secondary N) is 5. The van der Waals surface area contributed by atoms with Gasteiger partial charge in [0.2, 0.25) is 11.8 Å². The second-order valence-electron chi connectivity index (χ2n) is 14.7. The van der Waals surface area contributed by atoms with Crippen molar-refractivity contribution in [2.24, 2.45) is 11.7 Å². The molecule has 0 unspecified atom stereocenters. The average Bonchev–Trinajstić information content (AvgIpc) is 3.26. The van der Waals surface area contributed by atoms with Crippen LogP contribution in [0.15, 0.2) is 115 Å². The summed E-state index contributed by atoms with van der Waals surface area (Å²) >= 11 is 0. The number of carbonyl (C=O) groups excluding carboxylic acids is 6. The molecule has 0 radical (unpaired) electrons. The zero-order chi connectivity index (χ0) is 46.5. The summed E-state index contributed by atoms with van der Waals surface area (Å²) in [4.78, 5) is 88.8. The number of rotatable bonds is 17. The van der Waals surface area contributed by atoms with Crippen LogP contribution < -0.4 is 37.1 Å². The fourth-order valence-electron chi connectivity index (χ4n) is 5.83. The number of nitrogens with zero attached hydrogens (tertiary/aromatic N) is 1. The molecule has 1 atom stereocenters. The van der Waals surface area contributed by atoms with Gasteiger partial charge in [0.1, 0.15) is 6.04 Å². The Balaban J connectivity index is 1.21. The van der Waals surface area contributed by atoms with E-state index in [4.69, 9.17) is 20.8 Å². The number of carboxylic acid groups (broad SMARTS) is 1. The van der Waals surface area contributed by atoms with Gasteiger partial charge < -0.3 is 47.3 Å². The van der Waals surface area contributed by atoms with E-state index < -0.39 is 59.6 Å². The topological polar surface area (TPSA) is 279 Å². The summed E-state index contributed by atoms with van der Waals surface area (Å²) in [6, 6.07) is 26.9. The highest BCUT2D eigenvalue weighted by Crippen LogP contribution is 2.39. The Labute approximate surface area is 366 Å². The number of nitrogens with two attached hydrogens (primary N) is 1. The lowest BCUT2D eigenvalue weighted by molar-refractivity contribution is -0.123. The van der Waals surface area contributed by atoms with E-state index >= 15 is 0 Å². The van der Waals surface area contributed by atoms with Crippen LogP contribution in [-0.4, -0.2) is 64.3 Å². The van der Waals surface area contributed by atoms with Crippen LogP contribution in [0, 0.1) is 17.2 Å². The van der Waals surface area contributed by atoms with E-state index in [-0.39, 0.29) is 57.6 Å². The Bertz CT molecular complexity index is 2650. The Kier molecular flexibility index (Phi) is 15.3. The minimum atomic E-state index is -1.39.